The fraction of sp³-hybridized carbons (Fsp3) is 0.238. The Morgan fingerprint density at radius 2 is 1.30 bits per heavy atom. The molecule has 0 saturated heterocycles. The van der Waals surface area contributed by atoms with E-state index < -0.39 is 0 Å². The molecule has 264 valence electrons. The molecular weight excluding hydrogens is 668 g/mol. The Hall–Kier alpha value is -6.36. The number of aliphatic imine (C=N–C) groups is 2. The Labute approximate surface area is 306 Å². The van der Waals surface area contributed by atoms with Gasteiger partial charge in [0.2, 0.25) is 0 Å². The lowest BCUT2D eigenvalue weighted by atomic mass is 9.94. The normalized spacial score (nSPS) is 18.1. The number of aromatic nitrogens is 2. The zero-order chi connectivity index (χ0) is 36.1. The summed E-state index contributed by atoms with van der Waals surface area (Å²) in [5, 5.41) is 0. The molecule has 3 aromatic carbocycles. The average molecular weight is 705 g/mol. The summed E-state index contributed by atoms with van der Waals surface area (Å²) in [6.07, 6.45) is 6.85. The van der Waals surface area contributed by atoms with E-state index >= 15 is 0 Å². The van der Waals surface area contributed by atoms with Crippen LogP contribution >= 0.6 is 0 Å². The third kappa shape index (κ3) is 6.07. The number of rotatable bonds is 7. The van der Waals surface area contributed by atoms with Crippen molar-refractivity contribution in [3.63, 3.8) is 0 Å². The molecule has 0 spiro atoms. The minimum Gasteiger partial charge on any atom is -0.493 e. The monoisotopic (exact) mass is 704 g/mol. The maximum atomic E-state index is 13.8. The minimum absolute atomic E-state index is 0.0488. The Balaban J connectivity index is 0.886. The van der Waals surface area contributed by atoms with Crippen LogP contribution in [0, 0.1) is 6.92 Å². The molecule has 6 heterocycles. The summed E-state index contributed by atoms with van der Waals surface area (Å²) in [7, 11) is 1.56. The first-order valence-electron chi connectivity index (χ1n) is 17.7. The van der Waals surface area contributed by atoms with Crippen molar-refractivity contribution in [2.75, 3.05) is 7.11 Å². The molecule has 4 aliphatic heterocycles. The maximum Gasteiger partial charge on any atom is 0.257 e. The number of carbonyl (C=O) groups is 2. The summed E-state index contributed by atoms with van der Waals surface area (Å²) in [4.78, 5) is 49.9. The van der Waals surface area contributed by atoms with Gasteiger partial charge in [0.15, 0.2) is 11.5 Å². The predicted molar refractivity (Wildman–Crippen MR) is 199 cm³/mol. The van der Waals surface area contributed by atoms with E-state index in [1.165, 1.54) is 5.56 Å². The topological polar surface area (TPSA) is 119 Å². The SMILES string of the molecule is COc1cc2c(cc1OCc1cccc(COc3cc4c(cc3C)C(=O)N3Cc5cccnc5C[C@@H]3C=N4)n1)N=C[C@@H]1Cc3ccccc3CN1C2=O. The van der Waals surface area contributed by atoms with E-state index in [1.807, 2.05) is 83.8 Å². The Morgan fingerprint density at radius 3 is 2.04 bits per heavy atom. The Bertz CT molecular complexity index is 2360. The first-order chi connectivity index (χ1) is 25.9. The molecule has 11 heteroatoms. The van der Waals surface area contributed by atoms with Crippen molar-refractivity contribution >= 4 is 35.6 Å². The molecule has 0 N–H and O–H groups in total. The number of hydrogen-bond donors (Lipinski definition) is 0. The van der Waals surface area contributed by atoms with E-state index in [9.17, 15) is 9.59 Å². The zero-order valence-electron chi connectivity index (χ0n) is 29.4. The summed E-state index contributed by atoms with van der Waals surface area (Å²) in [6.45, 7) is 3.34. The second-order valence-corrected chi connectivity index (χ2v) is 13.7. The van der Waals surface area contributed by atoms with Crippen molar-refractivity contribution in [1.29, 1.82) is 0 Å². The van der Waals surface area contributed by atoms with Crippen molar-refractivity contribution in [1.82, 2.24) is 19.8 Å². The van der Waals surface area contributed by atoms with Crippen molar-refractivity contribution in [2.45, 2.75) is 58.2 Å². The average Bonchev–Trinajstić information content (AvgIpc) is 3.40. The molecule has 0 bridgehead atoms. The quantitative estimate of drug-likeness (QED) is 0.189. The minimum atomic E-state index is -0.155. The number of ether oxygens (including phenoxy) is 3. The lowest BCUT2D eigenvalue weighted by molar-refractivity contribution is 0.0695. The second-order valence-electron chi connectivity index (χ2n) is 13.7. The number of pyridine rings is 2. The van der Waals surface area contributed by atoms with E-state index in [1.54, 1.807) is 25.4 Å². The molecule has 9 rings (SSSR count). The van der Waals surface area contributed by atoms with E-state index in [0.29, 0.717) is 70.6 Å². The highest BCUT2D eigenvalue weighted by Gasteiger charge is 2.35. The maximum absolute atomic E-state index is 13.8. The number of benzene rings is 3. The van der Waals surface area contributed by atoms with E-state index in [4.69, 9.17) is 29.2 Å². The lowest BCUT2D eigenvalue weighted by Crippen LogP contribution is -2.44. The van der Waals surface area contributed by atoms with Crippen LogP contribution in [0.1, 0.15) is 60.1 Å². The molecule has 0 unspecified atom stereocenters. The standard InChI is InChI=1S/C42H36N6O5/c1-25-13-33-36(45-20-32-15-35-28(9-6-12-43-35)22-48(32)41(33)49)17-38(25)52-23-29-10-5-11-30(46-29)24-53-40-18-37-34(16-39(40)51-2)42(50)47-21-27-8-4-3-7-26(27)14-31(47)19-44-37/h3-13,16-20,31-32H,14-15,21-24H2,1-2H3/t31-,32+/m0/s1. The first-order valence-corrected chi connectivity index (χ1v) is 17.7. The van der Waals surface area contributed by atoms with Gasteiger partial charge in [-0.3, -0.25) is 29.5 Å². The lowest BCUT2D eigenvalue weighted by Gasteiger charge is -2.34. The van der Waals surface area contributed by atoms with Gasteiger partial charge in [-0.15, -0.1) is 0 Å². The van der Waals surface area contributed by atoms with Gasteiger partial charge in [0.25, 0.3) is 11.8 Å². The van der Waals surface area contributed by atoms with Crippen LogP contribution in [0.2, 0.25) is 0 Å². The predicted octanol–water partition coefficient (Wildman–Crippen LogP) is 6.52. The van der Waals surface area contributed by atoms with Gasteiger partial charge >= 0.3 is 0 Å². The van der Waals surface area contributed by atoms with Gasteiger partial charge in [0.1, 0.15) is 19.0 Å². The summed E-state index contributed by atoms with van der Waals surface area (Å²) in [5.74, 6) is 1.41. The molecule has 53 heavy (non-hydrogen) atoms. The highest BCUT2D eigenvalue weighted by Crippen LogP contribution is 2.39. The van der Waals surface area contributed by atoms with Crippen LogP contribution in [0.3, 0.4) is 0 Å². The summed E-state index contributed by atoms with van der Waals surface area (Å²) in [6, 6.07) is 24.7. The molecule has 4 aliphatic rings. The molecule has 0 saturated carbocycles. The number of fused-ring (bicyclic) bond motifs is 6. The van der Waals surface area contributed by atoms with Gasteiger partial charge in [-0.2, -0.15) is 0 Å². The van der Waals surface area contributed by atoms with Crippen molar-refractivity contribution in [3.05, 3.63) is 136 Å². The molecule has 0 aliphatic carbocycles. The van der Waals surface area contributed by atoms with Crippen LogP contribution in [-0.2, 0) is 39.1 Å². The van der Waals surface area contributed by atoms with Gasteiger partial charge in [-0.25, -0.2) is 0 Å². The Morgan fingerprint density at radius 1 is 0.679 bits per heavy atom. The summed E-state index contributed by atoms with van der Waals surface area (Å²) in [5.41, 5.74) is 8.86. The van der Waals surface area contributed by atoms with Gasteiger partial charge in [0, 0.05) is 56.0 Å². The van der Waals surface area contributed by atoms with Gasteiger partial charge in [-0.1, -0.05) is 36.4 Å². The van der Waals surface area contributed by atoms with E-state index in [0.717, 1.165) is 28.8 Å². The highest BCUT2D eigenvalue weighted by molar-refractivity contribution is 6.04. The van der Waals surface area contributed by atoms with E-state index in [-0.39, 0.29) is 37.1 Å². The third-order valence-electron chi connectivity index (χ3n) is 10.4. The van der Waals surface area contributed by atoms with Gasteiger partial charge in [-0.05, 0) is 65.9 Å². The molecule has 0 radical (unpaired) electrons. The highest BCUT2D eigenvalue weighted by atomic mass is 16.5. The molecule has 2 aromatic heterocycles. The fourth-order valence-corrected chi connectivity index (χ4v) is 7.51. The number of aryl methyl sites for hydroxylation is 1. The second kappa shape index (κ2) is 13.3. The number of hydrogen-bond acceptors (Lipinski definition) is 9. The van der Waals surface area contributed by atoms with Crippen LogP contribution in [-0.4, -0.2) is 63.2 Å². The molecule has 2 amide bonds. The van der Waals surface area contributed by atoms with Crippen LogP contribution in [0.25, 0.3) is 0 Å². The molecule has 0 fully saturated rings. The van der Waals surface area contributed by atoms with Gasteiger partial charge < -0.3 is 24.0 Å². The van der Waals surface area contributed by atoms with Crippen molar-refractivity contribution in [3.8, 4) is 17.2 Å². The van der Waals surface area contributed by atoms with E-state index in [2.05, 4.69) is 17.1 Å². The summed E-state index contributed by atoms with van der Waals surface area (Å²) < 4.78 is 18.1. The first kappa shape index (κ1) is 32.5. The number of methoxy groups -OCH3 is 1. The smallest absolute Gasteiger partial charge is 0.257 e. The van der Waals surface area contributed by atoms with Crippen molar-refractivity contribution in [2.24, 2.45) is 9.98 Å². The Kier molecular flexibility index (Phi) is 8.18. The summed E-state index contributed by atoms with van der Waals surface area (Å²) >= 11 is 0. The van der Waals surface area contributed by atoms with Crippen LogP contribution in [0.5, 0.6) is 17.2 Å². The van der Waals surface area contributed by atoms with Crippen LogP contribution in [0.15, 0.2) is 95.0 Å². The zero-order valence-corrected chi connectivity index (χ0v) is 29.4. The number of amides is 2. The van der Waals surface area contributed by atoms with Crippen LogP contribution in [0.4, 0.5) is 11.4 Å². The van der Waals surface area contributed by atoms with Crippen molar-refractivity contribution < 1.29 is 23.8 Å². The fourth-order valence-electron chi connectivity index (χ4n) is 7.51. The molecule has 11 nitrogen and oxygen atoms in total. The third-order valence-corrected chi connectivity index (χ3v) is 10.4. The largest absolute Gasteiger partial charge is 0.493 e. The van der Waals surface area contributed by atoms with Crippen LogP contribution < -0.4 is 14.2 Å². The molecule has 2 atom stereocenters. The number of carbonyl (C=O) groups excluding carboxylic acids is 2. The molecule has 5 aromatic rings. The van der Waals surface area contributed by atoms with Gasteiger partial charge in [0.05, 0.1) is 53.1 Å². The number of nitrogens with zero attached hydrogens (tertiary/aromatic N) is 6. The molecular formula is C42H36N6O5.